The minimum Gasteiger partial charge on any atom is -0.478 e. The van der Waals surface area contributed by atoms with Gasteiger partial charge in [-0.25, -0.2) is 9.59 Å². The Morgan fingerprint density at radius 3 is 2.62 bits per heavy atom. The van der Waals surface area contributed by atoms with Gasteiger partial charge in [0.25, 0.3) is 0 Å². The second-order valence-corrected chi connectivity index (χ2v) is 6.73. The maximum Gasteiger partial charge on any atom is 0.337 e. The summed E-state index contributed by atoms with van der Waals surface area (Å²) in [5.41, 5.74) is 0.479. The highest BCUT2D eigenvalue weighted by Crippen LogP contribution is 2.42. The molecule has 3 N–H and O–H groups in total. The van der Waals surface area contributed by atoms with Gasteiger partial charge in [-0.1, -0.05) is 18.0 Å². The normalized spacial score (nSPS) is 15.9. The number of carbonyl (C=O) groups excluding carboxylic acids is 1. The monoisotopic (exact) mass is 328 g/mol. The average molecular weight is 329 g/mol. The van der Waals surface area contributed by atoms with Gasteiger partial charge in [0, 0.05) is 17.0 Å². The Balaban J connectivity index is 1.91. The van der Waals surface area contributed by atoms with Crippen molar-refractivity contribution >= 4 is 41.1 Å². The zero-order valence-electron chi connectivity index (χ0n) is 11.6. The van der Waals surface area contributed by atoms with E-state index in [0.717, 1.165) is 12.8 Å². The van der Waals surface area contributed by atoms with Gasteiger partial charge in [-0.15, -0.1) is 0 Å². The Hall–Kier alpha value is -1.40. The van der Waals surface area contributed by atoms with Crippen LogP contribution in [0.4, 0.5) is 10.5 Å². The van der Waals surface area contributed by atoms with E-state index in [1.807, 2.05) is 0 Å². The fourth-order valence-corrected chi connectivity index (χ4v) is 3.38. The average Bonchev–Trinajstić information content (AvgIpc) is 2.37. The van der Waals surface area contributed by atoms with E-state index in [2.05, 4.69) is 16.9 Å². The van der Waals surface area contributed by atoms with E-state index in [0.29, 0.717) is 12.2 Å². The number of hydrogen-bond donors (Lipinski definition) is 3. The number of carboxylic acids is 1. The van der Waals surface area contributed by atoms with Crippen molar-refractivity contribution in [1.82, 2.24) is 5.32 Å². The third-order valence-electron chi connectivity index (χ3n) is 3.73. The van der Waals surface area contributed by atoms with Crippen molar-refractivity contribution < 1.29 is 14.7 Å². The number of anilines is 1. The maximum absolute atomic E-state index is 11.9. The minimum absolute atomic E-state index is 0.0124. The first-order valence-electron chi connectivity index (χ1n) is 6.59. The number of halogens is 1. The van der Waals surface area contributed by atoms with Gasteiger partial charge in [-0.05, 0) is 37.3 Å². The summed E-state index contributed by atoms with van der Waals surface area (Å²) in [6.45, 7) is 0.626. The first-order chi connectivity index (χ1) is 9.96. The van der Waals surface area contributed by atoms with Crippen LogP contribution in [0.5, 0.6) is 0 Å². The number of thioether (sulfide) groups is 1. The van der Waals surface area contributed by atoms with Crippen LogP contribution in [0.3, 0.4) is 0 Å². The number of amides is 2. The molecule has 0 spiro atoms. The Labute approximate surface area is 132 Å². The highest BCUT2D eigenvalue weighted by Gasteiger charge is 2.36. The van der Waals surface area contributed by atoms with Crippen molar-refractivity contribution in [2.24, 2.45) is 0 Å². The predicted octanol–water partition coefficient (Wildman–Crippen LogP) is 3.45. The molecule has 0 bridgehead atoms. The second-order valence-electron chi connectivity index (χ2n) is 5.05. The lowest BCUT2D eigenvalue weighted by molar-refractivity contribution is 0.0697. The number of nitrogens with one attached hydrogen (secondary N) is 2. The number of hydrogen-bond acceptors (Lipinski definition) is 3. The second kappa shape index (κ2) is 6.58. The smallest absolute Gasteiger partial charge is 0.337 e. The van der Waals surface area contributed by atoms with Crippen molar-refractivity contribution in [3.8, 4) is 0 Å². The third-order valence-corrected chi connectivity index (χ3v) is 5.46. The van der Waals surface area contributed by atoms with Crippen molar-refractivity contribution in [3.63, 3.8) is 0 Å². The number of rotatable bonds is 5. The molecular formula is C14H17ClN2O3S. The van der Waals surface area contributed by atoms with Crippen LogP contribution < -0.4 is 10.6 Å². The molecule has 1 aromatic carbocycles. The first-order valence-corrected chi connectivity index (χ1v) is 8.19. The lowest BCUT2D eigenvalue weighted by Crippen LogP contribution is -2.46. The van der Waals surface area contributed by atoms with Crippen molar-refractivity contribution in [1.29, 1.82) is 0 Å². The summed E-state index contributed by atoms with van der Waals surface area (Å²) < 4.78 is 0.169. The van der Waals surface area contributed by atoms with E-state index >= 15 is 0 Å². The van der Waals surface area contributed by atoms with Crippen LogP contribution in [0.2, 0.25) is 5.02 Å². The molecule has 2 rings (SSSR count). The molecule has 1 aromatic rings. The number of benzene rings is 1. The topological polar surface area (TPSA) is 78.4 Å². The first kappa shape index (κ1) is 16.0. The largest absolute Gasteiger partial charge is 0.478 e. The van der Waals surface area contributed by atoms with E-state index in [-0.39, 0.29) is 21.4 Å². The summed E-state index contributed by atoms with van der Waals surface area (Å²) >= 11 is 7.64. The Bertz CT molecular complexity index is 556. The molecule has 7 heteroatoms. The molecule has 0 aliphatic heterocycles. The van der Waals surface area contributed by atoms with Crippen LogP contribution >= 0.6 is 23.4 Å². The summed E-state index contributed by atoms with van der Waals surface area (Å²) in [6, 6.07) is 4.01. The molecule has 1 aliphatic rings. The number of urea groups is 1. The zero-order valence-corrected chi connectivity index (χ0v) is 13.2. The molecule has 5 nitrogen and oxygen atoms in total. The van der Waals surface area contributed by atoms with Crippen LogP contribution in [-0.2, 0) is 0 Å². The van der Waals surface area contributed by atoms with E-state index < -0.39 is 5.97 Å². The van der Waals surface area contributed by atoms with Crippen molar-refractivity contribution in [2.75, 3.05) is 18.1 Å². The van der Waals surface area contributed by atoms with Gasteiger partial charge < -0.3 is 15.7 Å². The molecule has 0 atom stereocenters. The molecule has 2 amide bonds. The van der Waals surface area contributed by atoms with E-state index in [4.69, 9.17) is 16.7 Å². The van der Waals surface area contributed by atoms with E-state index in [9.17, 15) is 9.59 Å². The summed E-state index contributed by atoms with van der Waals surface area (Å²) in [7, 11) is 0. The van der Waals surface area contributed by atoms with Gasteiger partial charge >= 0.3 is 12.0 Å². The van der Waals surface area contributed by atoms with Gasteiger partial charge in [0.2, 0.25) is 0 Å². The molecule has 1 fully saturated rings. The molecule has 21 heavy (non-hydrogen) atoms. The Morgan fingerprint density at radius 2 is 2.14 bits per heavy atom. The number of aromatic carboxylic acids is 1. The van der Waals surface area contributed by atoms with Gasteiger partial charge in [-0.2, -0.15) is 11.8 Å². The molecule has 1 saturated carbocycles. The van der Waals surface area contributed by atoms with Crippen LogP contribution in [0.25, 0.3) is 0 Å². The highest BCUT2D eigenvalue weighted by molar-refractivity contribution is 8.00. The molecule has 1 aliphatic carbocycles. The number of carbonyl (C=O) groups is 2. The zero-order chi connectivity index (χ0) is 15.5. The van der Waals surface area contributed by atoms with Crippen molar-refractivity contribution in [3.05, 3.63) is 28.8 Å². The molecule has 0 unspecified atom stereocenters. The van der Waals surface area contributed by atoms with E-state index in [1.165, 1.54) is 24.6 Å². The van der Waals surface area contributed by atoms with Gasteiger partial charge in [-0.3, -0.25) is 0 Å². The Kier molecular flexibility index (Phi) is 5.00. The molecule has 0 aromatic heterocycles. The molecule has 0 heterocycles. The summed E-state index contributed by atoms with van der Waals surface area (Å²) in [6.07, 6.45) is 5.50. The summed E-state index contributed by atoms with van der Waals surface area (Å²) in [5.74, 6) is -1.09. The van der Waals surface area contributed by atoms with Gasteiger partial charge in [0.05, 0.1) is 10.6 Å². The molecule has 114 valence electrons. The minimum atomic E-state index is -1.09. The number of carboxylic acid groups (broad SMARTS) is 1. The molecule has 0 saturated heterocycles. The van der Waals surface area contributed by atoms with Crippen LogP contribution in [0.1, 0.15) is 29.6 Å². The van der Waals surface area contributed by atoms with Crippen LogP contribution in [0, 0.1) is 0 Å². The third kappa shape index (κ3) is 3.83. The molecule has 0 radical (unpaired) electrons. The van der Waals surface area contributed by atoms with Crippen LogP contribution in [0.15, 0.2) is 18.2 Å². The van der Waals surface area contributed by atoms with Gasteiger partial charge in [0.1, 0.15) is 0 Å². The van der Waals surface area contributed by atoms with Gasteiger partial charge in [0.15, 0.2) is 0 Å². The fraction of sp³-hybridized carbons (Fsp3) is 0.429. The predicted molar refractivity (Wildman–Crippen MR) is 85.5 cm³/mol. The molecular weight excluding hydrogens is 312 g/mol. The fourth-order valence-electron chi connectivity index (χ4n) is 2.21. The Morgan fingerprint density at radius 1 is 1.43 bits per heavy atom. The lowest BCUT2D eigenvalue weighted by Gasteiger charge is -2.40. The maximum atomic E-state index is 11.9. The highest BCUT2D eigenvalue weighted by atomic mass is 35.5. The van der Waals surface area contributed by atoms with E-state index in [1.54, 1.807) is 11.8 Å². The standard InChI is InChI=1S/C14H17ClN2O3S/c1-21-14(5-2-6-14)8-16-13(20)17-9-3-4-10(12(18)19)11(15)7-9/h3-4,7H,2,5-6,8H2,1H3,(H,18,19)(H2,16,17,20). The lowest BCUT2D eigenvalue weighted by atomic mass is 9.84. The quantitative estimate of drug-likeness (QED) is 0.773. The SMILES string of the molecule is CSC1(CNC(=O)Nc2ccc(C(=O)O)c(Cl)c2)CCC1. The van der Waals surface area contributed by atoms with Crippen LogP contribution in [-0.4, -0.2) is 34.7 Å². The summed E-state index contributed by atoms with van der Waals surface area (Å²) in [5, 5.41) is 14.5. The van der Waals surface area contributed by atoms with Crippen molar-refractivity contribution in [2.45, 2.75) is 24.0 Å². The summed E-state index contributed by atoms with van der Waals surface area (Å²) in [4.78, 5) is 22.7.